The third kappa shape index (κ3) is 2.60. The third-order valence-corrected chi connectivity index (χ3v) is 2.23. The van der Waals surface area contributed by atoms with Gasteiger partial charge >= 0.3 is 0 Å². The Morgan fingerprint density at radius 3 is 2.71 bits per heavy atom. The van der Waals surface area contributed by atoms with Crippen LogP contribution in [0.3, 0.4) is 0 Å². The lowest BCUT2D eigenvalue weighted by Crippen LogP contribution is -2.24. The smallest absolute Gasteiger partial charge is 0.170 e. The van der Waals surface area contributed by atoms with Gasteiger partial charge in [-0.25, -0.2) is 0 Å². The van der Waals surface area contributed by atoms with Crippen LogP contribution in [0.15, 0.2) is 18.2 Å². The van der Waals surface area contributed by atoms with E-state index in [4.69, 9.17) is 17.0 Å². The lowest BCUT2D eigenvalue weighted by atomic mass is 10.2. The molecule has 0 saturated heterocycles. The van der Waals surface area contributed by atoms with Crippen LogP contribution >= 0.6 is 12.2 Å². The Hall–Kier alpha value is -1.29. The Morgan fingerprint density at radius 2 is 2.14 bits per heavy atom. The first-order valence-corrected chi connectivity index (χ1v) is 4.71. The number of methoxy groups -OCH3 is 1. The van der Waals surface area contributed by atoms with Gasteiger partial charge < -0.3 is 15.4 Å². The fourth-order valence-electron chi connectivity index (χ4n) is 1.05. The topological polar surface area (TPSA) is 33.3 Å². The van der Waals surface area contributed by atoms with E-state index in [1.165, 1.54) is 0 Å². The molecular formula is C10H14N2OS. The SMILES string of the molecule is CNC(=S)Nc1cc(OC)ccc1C. The zero-order valence-electron chi connectivity index (χ0n) is 8.55. The molecule has 0 amide bonds. The molecule has 14 heavy (non-hydrogen) atoms. The van der Waals surface area contributed by atoms with Crippen molar-refractivity contribution < 1.29 is 4.74 Å². The predicted octanol–water partition coefficient (Wildman–Crippen LogP) is 1.92. The number of ether oxygens (including phenoxy) is 1. The molecule has 0 saturated carbocycles. The highest BCUT2D eigenvalue weighted by Crippen LogP contribution is 2.21. The van der Waals surface area contributed by atoms with Gasteiger partial charge in [-0.05, 0) is 30.8 Å². The molecule has 0 atom stereocenters. The molecule has 0 aliphatic rings. The van der Waals surface area contributed by atoms with Crippen molar-refractivity contribution in [3.8, 4) is 5.75 Å². The van der Waals surface area contributed by atoms with Gasteiger partial charge in [0.25, 0.3) is 0 Å². The molecule has 0 unspecified atom stereocenters. The maximum atomic E-state index is 5.12. The van der Waals surface area contributed by atoms with E-state index in [0.29, 0.717) is 5.11 Å². The van der Waals surface area contributed by atoms with Crippen LogP contribution in [-0.2, 0) is 0 Å². The second-order valence-corrected chi connectivity index (χ2v) is 3.29. The first-order chi connectivity index (χ1) is 6.67. The highest BCUT2D eigenvalue weighted by molar-refractivity contribution is 7.80. The van der Waals surface area contributed by atoms with Gasteiger partial charge in [0.15, 0.2) is 5.11 Å². The van der Waals surface area contributed by atoms with Crippen molar-refractivity contribution in [2.45, 2.75) is 6.92 Å². The second-order valence-electron chi connectivity index (χ2n) is 2.88. The number of nitrogens with one attached hydrogen (secondary N) is 2. The van der Waals surface area contributed by atoms with Crippen LogP contribution in [0.25, 0.3) is 0 Å². The fourth-order valence-corrected chi connectivity index (χ4v) is 1.16. The molecule has 1 aromatic carbocycles. The average molecular weight is 210 g/mol. The standard InChI is InChI=1S/C10H14N2OS/c1-7-4-5-8(13-3)6-9(7)12-10(14)11-2/h4-6H,1-3H3,(H2,11,12,14). The van der Waals surface area contributed by atoms with Gasteiger partial charge in [0.1, 0.15) is 5.75 Å². The third-order valence-electron chi connectivity index (χ3n) is 1.92. The van der Waals surface area contributed by atoms with Gasteiger partial charge in [0, 0.05) is 18.8 Å². The van der Waals surface area contributed by atoms with Crippen molar-refractivity contribution in [3.05, 3.63) is 23.8 Å². The van der Waals surface area contributed by atoms with Gasteiger partial charge in [0.05, 0.1) is 7.11 Å². The molecule has 3 nitrogen and oxygen atoms in total. The first-order valence-electron chi connectivity index (χ1n) is 4.30. The summed E-state index contributed by atoms with van der Waals surface area (Å²) in [6.45, 7) is 2.01. The van der Waals surface area contributed by atoms with Crippen LogP contribution < -0.4 is 15.4 Å². The van der Waals surface area contributed by atoms with Crippen molar-refractivity contribution >= 4 is 23.0 Å². The molecule has 0 fully saturated rings. The highest BCUT2D eigenvalue weighted by atomic mass is 32.1. The summed E-state index contributed by atoms with van der Waals surface area (Å²) in [5.41, 5.74) is 2.09. The minimum Gasteiger partial charge on any atom is -0.497 e. The first kappa shape index (κ1) is 10.8. The van der Waals surface area contributed by atoms with Gasteiger partial charge in [-0.2, -0.15) is 0 Å². The second kappa shape index (κ2) is 4.81. The zero-order chi connectivity index (χ0) is 10.6. The summed E-state index contributed by atoms with van der Waals surface area (Å²) in [5, 5.41) is 6.53. The lowest BCUT2D eigenvalue weighted by molar-refractivity contribution is 0.415. The molecule has 0 aromatic heterocycles. The molecule has 0 aliphatic heterocycles. The van der Waals surface area contributed by atoms with E-state index in [1.807, 2.05) is 25.1 Å². The highest BCUT2D eigenvalue weighted by Gasteiger charge is 2.01. The van der Waals surface area contributed by atoms with Crippen LogP contribution in [0, 0.1) is 6.92 Å². The number of rotatable bonds is 2. The molecule has 1 aromatic rings. The maximum Gasteiger partial charge on any atom is 0.170 e. The van der Waals surface area contributed by atoms with Gasteiger partial charge in [0.2, 0.25) is 0 Å². The summed E-state index contributed by atoms with van der Waals surface area (Å²) < 4.78 is 5.12. The van der Waals surface area contributed by atoms with Crippen LogP contribution in [0.4, 0.5) is 5.69 Å². The van der Waals surface area contributed by atoms with Crippen molar-refractivity contribution in [3.63, 3.8) is 0 Å². The van der Waals surface area contributed by atoms with Crippen molar-refractivity contribution in [1.29, 1.82) is 0 Å². The molecule has 4 heteroatoms. The van der Waals surface area contributed by atoms with Crippen LogP contribution in [0.1, 0.15) is 5.56 Å². The van der Waals surface area contributed by atoms with E-state index in [-0.39, 0.29) is 0 Å². The van der Waals surface area contributed by atoms with E-state index in [9.17, 15) is 0 Å². The summed E-state index contributed by atoms with van der Waals surface area (Å²) in [4.78, 5) is 0. The minimum atomic E-state index is 0.598. The Kier molecular flexibility index (Phi) is 3.71. The number of anilines is 1. The molecule has 2 N–H and O–H groups in total. The van der Waals surface area contributed by atoms with E-state index < -0.39 is 0 Å². The lowest BCUT2D eigenvalue weighted by Gasteiger charge is -2.11. The number of aryl methyl sites for hydroxylation is 1. The quantitative estimate of drug-likeness (QED) is 0.731. The molecule has 0 heterocycles. The molecule has 0 aliphatic carbocycles. The summed E-state index contributed by atoms with van der Waals surface area (Å²) in [6.07, 6.45) is 0. The molecule has 1 rings (SSSR count). The minimum absolute atomic E-state index is 0.598. The summed E-state index contributed by atoms with van der Waals surface area (Å²) in [7, 11) is 3.43. The Morgan fingerprint density at radius 1 is 1.43 bits per heavy atom. The van der Waals surface area contributed by atoms with E-state index in [1.54, 1.807) is 14.2 Å². The van der Waals surface area contributed by atoms with E-state index in [0.717, 1.165) is 17.0 Å². The Bertz CT molecular complexity index is 339. The Balaban J connectivity index is 2.89. The van der Waals surface area contributed by atoms with Crippen molar-refractivity contribution in [2.24, 2.45) is 0 Å². The summed E-state index contributed by atoms with van der Waals surface area (Å²) >= 11 is 5.01. The van der Waals surface area contributed by atoms with Gasteiger partial charge in [-0.1, -0.05) is 6.07 Å². The van der Waals surface area contributed by atoms with E-state index >= 15 is 0 Å². The molecule has 76 valence electrons. The van der Waals surface area contributed by atoms with Crippen molar-refractivity contribution in [1.82, 2.24) is 5.32 Å². The summed E-state index contributed by atoms with van der Waals surface area (Å²) in [6, 6.07) is 5.82. The number of hydrogen-bond acceptors (Lipinski definition) is 2. The zero-order valence-corrected chi connectivity index (χ0v) is 9.37. The number of hydrogen-bond donors (Lipinski definition) is 2. The molecular weight excluding hydrogens is 196 g/mol. The fraction of sp³-hybridized carbons (Fsp3) is 0.300. The van der Waals surface area contributed by atoms with Crippen LogP contribution in [-0.4, -0.2) is 19.3 Å². The molecule has 0 radical (unpaired) electrons. The average Bonchev–Trinajstić information content (AvgIpc) is 2.21. The van der Waals surface area contributed by atoms with Crippen LogP contribution in [0.5, 0.6) is 5.75 Å². The summed E-state index contributed by atoms with van der Waals surface area (Å²) in [5.74, 6) is 0.817. The number of benzene rings is 1. The predicted molar refractivity (Wildman–Crippen MR) is 63.0 cm³/mol. The maximum absolute atomic E-state index is 5.12. The normalized spacial score (nSPS) is 9.36. The number of thiocarbonyl (C=S) groups is 1. The Labute approximate surface area is 89.5 Å². The van der Waals surface area contributed by atoms with Gasteiger partial charge in [-0.3, -0.25) is 0 Å². The monoisotopic (exact) mass is 210 g/mol. The van der Waals surface area contributed by atoms with Gasteiger partial charge in [-0.15, -0.1) is 0 Å². The van der Waals surface area contributed by atoms with Crippen molar-refractivity contribution in [2.75, 3.05) is 19.5 Å². The molecule has 0 spiro atoms. The molecule has 0 bridgehead atoms. The van der Waals surface area contributed by atoms with Crippen LogP contribution in [0.2, 0.25) is 0 Å². The van der Waals surface area contributed by atoms with E-state index in [2.05, 4.69) is 10.6 Å². The largest absolute Gasteiger partial charge is 0.497 e.